The Morgan fingerprint density at radius 2 is 2.37 bits per heavy atom. The van der Waals surface area contributed by atoms with E-state index in [0.717, 1.165) is 25.7 Å². The first-order valence-electron chi connectivity index (χ1n) is 6.66. The van der Waals surface area contributed by atoms with Crippen molar-refractivity contribution >= 4 is 17.6 Å². The summed E-state index contributed by atoms with van der Waals surface area (Å²) >= 11 is 6.02. The largest absolute Gasteiger partial charge is 0.478 e. The predicted molar refractivity (Wildman–Crippen MR) is 72.9 cm³/mol. The molecule has 19 heavy (non-hydrogen) atoms. The molecule has 1 heterocycles. The zero-order valence-electron chi connectivity index (χ0n) is 10.9. The second-order valence-corrected chi connectivity index (χ2v) is 5.34. The first kappa shape index (κ1) is 14.1. The van der Waals surface area contributed by atoms with E-state index < -0.39 is 5.97 Å². The van der Waals surface area contributed by atoms with Gasteiger partial charge in [0, 0.05) is 6.20 Å². The molecule has 1 N–H and O–H groups in total. The Hall–Kier alpha value is -1.29. The number of aromatic nitrogens is 1. The quantitative estimate of drug-likeness (QED) is 0.913. The van der Waals surface area contributed by atoms with E-state index in [-0.39, 0.29) is 22.6 Å². The van der Waals surface area contributed by atoms with Crippen LogP contribution in [0.3, 0.4) is 0 Å². The number of pyridine rings is 1. The van der Waals surface area contributed by atoms with Crippen molar-refractivity contribution in [1.29, 1.82) is 0 Å². The third kappa shape index (κ3) is 3.38. The number of nitrogens with zero attached hydrogens (tertiary/aromatic N) is 1. The second kappa shape index (κ2) is 6.24. The van der Waals surface area contributed by atoms with Gasteiger partial charge in [0.2, 0.25) is 5.88 Å². The minimum absolute atomic E-state index is 0.0366. The van der Waals surface area contributed by atoms with Gasteiger partial charge in [-0.25, -0.2) is 9.78 Å². The van der Waals surface area contributed by atoms with E-state index in [4.69, 9.17) is 21.4 Å². The molecule has 0 aromatic carbocycles. The molecular formula is C14H18ClNO3. The van der Waals surface area contributed by atoms with E-state index in [1.165, 1.54) is 18.7 Å². The van der Waals surface area contributed by atoms with Crippen molar-refractivity contribution in [2.75, 3.05) is 0 Å². The molecule has 2 rings (SSSR count). The second-order valence-electron chi connectivity index (χ2n) is 4.96. The summed E-state index contributed by atoms with van der Waals surface area (Å²) in [5.74, 6) is -0.143. The van der Waals surface area contributed by atoms with Crippen LogP contribution in [0.5, 0.6) is 5.88 Å². The highest BCUT2D eigenvalue weighted by atomic mass is 35.5. The van der Waals surface area contributed by atoms with E-state index in [9.17, 15) is 4.79 Å². The fraction of sp³-hybridized carbons (Fsp3) is 0.571. The van der Waals surface area contributed by atoms with Crippen molar-refractivity contribution in [3.8, 4) is 5.88 Å². The van der Waals surface area contributed by atoms with Crippen molar-refractivity contribution in [3.05, 3.63) is 22.8 Å². The van der Waals surface area contributed by atoms with Crippen LogP contribution in [0.4, 0.5) is 0 Å². The molecule has 0 radical (unpaired) electrons. The number of carbonyl (C=O) groups is 1. The lowest BCUT2D eigenvalue weighted by Crippen LogP contribution is -2.25. The first-order chi connectivity index (χ1) is 9.11. The average Bonchev–Trinajstić information content (AvgIpc) is 2.41. The topological polar surface area (TPSA) is 59.4 Å². The number of carboxylic acid groups (broad SMARTS) is 1. The van der Waals surface area contributed by atoms with Crippen molar-refractivity contribution in [2.45, 2.75) is 45.1 Å². The van der Waals surface area contributed by atoms with Crippen molar-refractivity contribution in [3.63, 3.8) is 0 Å². The Morgan fingerprint density at radius 3 is 3.05 bits per heavy atom. The van der Waals surface area contributed by atoms with Gasteiger partial charge in [-0.15, -0.1) is 0 Å². The molecule has 4 nitrogen and oxygen atoms in total. The van der Waals surface area contributed by atoms with Crippen LogP contribution in [0, 0.1) is 5.92 Å². The predicted octanol–water partition coefficient (Wildman–Crippen LogP) is 3.78. The van der Waals surface area contributed by atoms with Crippen LogP contribution in [-0.4, -0.2) is 22.2 Å². The average molecular weight is 284 g/mol. The molecule has 0 bridgehead atoms. The van der Waals surface area contributed by atoms with E-state index in [2.05, 4.69) is 11.9 Å². The standard InChI is InChI=1S/C14H18ClNO3/c1-2-9-4-3-5-10(8-9)19-13-12(15)11(14(17)18)6-7-16-13/h6-7,9-10H,2-5,8H2,1H3,(H,17,18). The molecule has 2 atom stereocenters. The number of aromatic carboxylic acids is 1. The van der Waals surface area contributed by atoms with Crippen molar-refractivity contribution < 1.29 is 14.6 Å². The molecular weight excluding hydrogens is 266 g/mol. The van der Waals surface area contributed by atoms with Crippen LogP contribution in [0.1, 0.15) is 49.4 Å². The fourth-order valence-corrected chi connectivity index (χ4v) is 2.79. The highest BCUT2D eigenvalue weighted by Crippen LogP contribution is 2.32. The summed E-state index contributed by atoms with van der Waals surface area (Å²) in [6.07, 6.45) is 7.01. The Labute approximate surface area is 117 Å². The highest BCUT2D eigenvalue weighted by Gasteiger charge is 2.24. The molecule has 1 saturated carbocycles. The molecule has 1 aromatic rings. The monoisotopic (exact) mass is 283 g/mol. The SMILES string of the molecule is CCC1CCCC(Oc2nccc(C(=O)O)c2Cl)C1. The van der Waals surface area contributed by atoms with Gasteiger partial charge in [-0.2, -0.15) is 0 Å². The summed E-state index contributed by atoms with van der Waals surface area (Å²) in [6, 6.07) is 1.38. The van der Waals surface area contributed by atoms with Gasteiger partial charge in [0.05, 0.1) is 5.56 Å². The van der Waals surface area contributed by atoms with Crippen LogP contribution in [0.25, 0.3) is 0 Å². The van der Waals surface area contributed by atoms with Gasteiger partial charge in [0.15, 0.2) is 0 Å². The molecule has 5 heteroatoms. The molecule has 0 amide bonds. The molecule has 104 valence electrons. The number of hydrogen-bond donors (Lipinski definition) is 1. The molecule has 1 aliphatic carbocycles. The van der Waals surface area contributed by atoms with Crippen LogP contribution in [0.2, 0.25) is 5.02 Å². The summed E-state index contributed by atoms with van der Waals surface area (Å²) in [5.41, 5.74) is 0.0366. The summed E-state index contributed by atoms with van der Waals surface area (Å²) in [5, 5.41) is 9.10. The zero-order valence-corrected chi connectivity index (χ0v) is 11.7. The van der Waals surface area contributed by atoms with Gasteiger partial charge in [0.1, 0.15) is 11.1 Å². The minimum Gasteiger partial charge on any atom is -0.478 e. The summed E-state index contributed by atoms with van der Waals surface area (Å²) in [6.45, 7) is 2.18. The van der Waals surface area contributed by atoms with Crippen LogP contribution < -0.4 is 4.74 Å². The molecule has 1 fully saturated rings. The Morgan fingerprint density at radius 1 is 1.58 bits per heavy atom. The van der Waals surface area contributed by atoms with Gasteiger partial charge in [-0.05, 0) is 31.2 Å². The number of ether oxygens (including phenoxy) is 1. The Balaban J connectivity index is 2.10. The Bertz CT molecular complexity index is 464. The number of halogens is 1. The number of hydrogen-bond acceptors (Lipinski definition) is 3. The maximum atomic E-state index is 11.0. The zero-order chi connectivity index (χ0) is 13.8. The fourth-order valence-electron chi connectivity index (χ4n) is 2.55. The molecule has 2 unspecified atom stereocenters. The normalized spacial score (nSPS) is 23.1. The Kier molecular flexibility index (Phi) is 4.64. The third-order valence-corrected chi connectivity index (χ3v) is 4.04. The number of rotatable bonds is 4. The van der Waals surface area contributed by atoms with Gasteiger partial charge < -0.3 is 9.84 Å². The van der Waals surface area contributed by atoms with Crippen LogP contribution >= 0.6 is 11.6 Å². The van der Waals surface area contributed by atoms with Crippen molar-refractivity contribution in [1.82, 2.24) is 4.98 Å². The maximum Gasteiger partial charge on any atom is 0.337 e. The summed E-state index contributed by atoms with van der Waals surface area (Å²) in [4.78, 5) is 15.0. The lowest BCUT2D eigenvalue weighted by atomic mass is 9.85. The van der Waals surface area contributed by atoms with E-state index in [1.54, 1.807) is 0 Å². The van der Waals surface area contributed by atoms with E-state index in [0.29, 0.717) is 5.92 Å². The van der Waals surface area contributed by atoms with E-state index >= 15 is 0 Å². The lowest BCUT2D eigenvalue weighted by Gasteiger charge is -2.28. The molecule has 0 spiro atoms. The third-order valence-electron chi connectivity index (χ3n) is 3.68. The van der Waals surface area contributed by atoms with Gasteiger partial charge >= 0.3 is 5.97 Å². The molecule has 1 aliphatic rings. The molecule has 0 saturated heterocycles. The summed E-state index contributed by atoms with van der Waals surface area (Å²) < 4.78 is 5.80. The minimum atomic E-state index is -1.06. The van der Waals surface area contributed by atoms with Crippen LogP contribution in [0.15, 0.2) is 12.3 Å². The lowest BCUT2D eigenvalue weighted by molar-refractivity contribution is 0.0694. The number of carboxylic acids is 1. The van der Waals surface area contributed by atoms with Crippen LogP contribution in [-0.2, 0) is 0 Å². The smallest absolute Gasteiger partial charge is 0.337 e. The van der Waals surface area contributed by atoms with Gasteiger partial charge in [-0.3, -0.25) is 0 Å². The maximum absolute atomic E-state index is 11.0. The summed E-state index contributed by atoms with van der Waals surface area (Å²) in [7, 11) is 0. The molecule has 1 aromatic heterocycles. The van der Waals surface area contributed by atoms with Crippen molar-refractivity contribution in [2.24, 2.45) is 5.92 Å². The highest BCUT2D eigenvalue weighted by molar-refractivity contribution is 6.34. The van der Waals surface area contributed by atoms with Gasteiger partial charge in [0.25, 0.3) is 0 Å². The first-order valence-corrected chi connectivity index (χ1v) is 7.04. The van der Waals surface area contributed by atoms with Gasteiger partial charge in [-0.1, -0.05) is 31.4 Å². The van der Waals surface area contributed by atoms with E-state index in [1.807, 2.05) is 0 Å². The molecule has 0 aliphatic heterocycles.